The summed E-state index contributed by atoms with van der Waals surface area (Å²) in [5, 5.41) is 0. The Hall–Kier alpha value is -2.23. The fraction of sp³-hybridized carbons (Fsp3) is 0.421. The van der Waals surface area contributed by atoms with Crippen LogP contribution in [0.15, 0.2) is 35.9 Å². The number of hydrogen-bond acceptors (Lipinski definition) is 5. The van der Waals surface area contributed by atoms with Crippen molar-refractivity contribution < 1.29 is 22.3 Å². The number of carbonyl (C=O) groups is 1. The van der Waals surface area contributed by atoms with E-state index in [0.29, 0.717) is 30.6 Å². The number of amides is 1. The van der Waals surface area contributed by atoms with Gasteiger partial charge in [-0.15, -0.1) is 0 Å². The third-order valence-electron chi connectivity index (χ3n) is 4.88. The summed E-state index contributed by atoms with van der Waals surface area (Å²) in [4.78, 5) is 13.3. The smallest absolute Gasteiger partial charge is 0.414 e. The summed E-state index contributed by atoms with van der Waals surface area (Å²) in [6, 6.07) is 4.66. The number of nitrogens with one attached hydrogen (secondary N) is 1. The van der Waals surface area contributed by atoms with Gasteiger partial charge in [0.05, 0.1) is 18.0 Å². The van der Waals surface area contributed by atoms with Crippen LogP contribution in [-0.4, -0.2) is 46.0 Å². The molecule has 1 heterocycles. The minimum Gasteiger partial charge on any atom is -0.443 e. The molecule has 7 nitrogen and oxygen atoms in total. The van der Waals surface area contributed by atoms with E-state index in [1.807, 2.05) is 12.2 Å². The molecule has 3 rings (SSSR count). The van der Waals surface area contributed by atoms with Gasteiger partial charge in [-0.2, -0.15) is 0 Å². The Bertz CT molecular complexity index is 927. The molecule has 3 N–H and O–H groups in total. The standard InChI is InChI=1S/C19H24FN3O4S/c1-2-28(25,26)22-11-13-3-5-14(6-4-13)17-8-7-15(9-18(17)20)23-12-16(10-21)27-19(23)24/h3,5,7-9,16,22H,2,4,6,10-12,21H2,1H3/t16-/m0/s1. The normalized spacial score (nSPS) is 20.0. The van der Waals surface area contributed by atoms with E-state index in [1.54, 1.807) is 19.1 Å². The summed E-state index contributed by atoms with van der Waals surface area (Å²) in [5.74, 6) is -0.383. The minimum absolute atomic E-state index is 0.0372. The fourth-order valence-electron chi connectivity index (χ4n) is 3.14. The van der Waals surface area contributed by atoms with E-state index in [2.05, 4.69) is 4.72 Å². The Kier molecular flexibility index (Phi) is 6.17. The summed E-state index contributed by atoms with van der Waals surface area (Å²) in [6.07, 6.45) is 3.98. The molecule has 28 heavy (non-hydrogen) atoms. The number of ether oxygens (including phenoxy) is 1. The number of rotatable bonds is 7. The van der Waals surface area contributed by atoms with E-state index in [1.165, 1.54) is 11.0 Å². The third-order valence-corrected chi connectivity index (χ3v) is 6.23. The first-order valence-corrected chi connectivity index (χ1v) is 10.8. The highest BCUT2D eigenvalue weighted by atomic mass is 32.2. The molecule has 1 aliphatic heterocycles. The van der Waals surface area contributed by atoms with Crippen molar-refractivity contribution in [2.24, 2.45) is 5.73 Å². The van der Waals surface area contributed by atoms with Crippen LogP contribution in [0.1, 0.15) is 25.3 Å². The number of nitrogens with two attached hydrogens (primary N) is 1. The number of benzene rings is 1. The summed E-state index contributed by atoms with van der Waals surface area (Å²) >= 11 is 0. The van der Waals surface area contributed by atoms with Crippen LogP contribution in [0, 0.1) is 5.82 Å². The molecule has 1 amide bonds. The largest absolute Gasteiger partial charge is 0.443 e. The summed E-state index contributed by atoms with van der Waals surface area (Å²) in [5.41, 5.74) is 8.20. The average molecular weight is 409 g/mol. The topological polar surface area (TPSA) is 102 Å². The number of cyclic esters (lactones) is 1. The molecule has 9 heteroatoms. The van der Waals surface area contributed by atoms with E-state index < -0.39 is 21.9 Å². The first kappa shape index (κ1) is 20.5. The Morgan fingerprint density at radius 3 is 2.68 bits per heavy atom. The number of anilines is 1. The molecule has 0 spiro atoms. The highest BCUT2D eigenvalue weighted by molar-refractivity contribution is 7.89. The SMILES string of the molecule is CCS(=O)(=O)NCC1=CC=C(c2ccc(N3C[C@H](CN)OC3=O)cc2F)CC1. The van der Waals surface area contributed by atoms with Gasteiger partial charge in [-0.3, -0.25) is 4.90 Å². The summed E-state index contributed by atoms with van der Waals surface area (Å²) < 4.78 is 45.4. The highest BCUT2D eigenvalue weighted by Gasteiger charge is 2.31. The quantitative estimate of drug-likeness (QED) is 0.719. The van der Waals surface area contributed by atoms with Gasteiger partial charge in [0.25, 0.3) is 0 Å². The molecule has 1 atom stereocenters. The van der Waals surface area contributed by atoms with Crippen LogP contribution < -0.4 is 15.4 Å². The van der Waals surface area contributed by atoms with Gasteiger partial charge in [-0.1, -0.05) is 17.7 Å². The van der Waals surface area contributed by atoms with Crippen molar-refractivity contribution in [1.29, 1.82) is 0 Å². The van der Waals surface area contributed by atoms with Gasteiger partial charge < -0.3 is 10.5 Å². The maximum Gasteiger partial charge on any atom is 0.414 e. The number of halogens is 1. The minimum atomic E-state index is -3.24. The summed E-state index contributed by atoms with van der Waals surface area (Å²) in [6.45, 7) is 2.37. The number of sulfonamides is 1. The number of hydrogen-bond donors (Lipinski definition) is 2. The van der Waals surface area contributed by atoms with Gasteiger partial charge in [0.15, 0.2) is 0 Å². The first-order valence-electron chi connectivity index (χ1n) is 9.17. The molecule has 1 aromatic carbocycles. The molecule has 1 aliphatic carbocycles. The lowest BCUT2D eigenvalue weighted by Gasteiger charge is -2.18. The lowest BCUT2D eigenvalue weighted by atomic mass is 9.93. The van der Waals surface area contributed by atoms with Crippen LogP contribution in [0.4, 0.5) is 14.9 Å². The molecule has 0 radical (unpaired) electrons. The van der Waals surface area contributed by atoms with Gasteiger partial charge in [0.2, 0.25) is 10.0 Å². The van der Waals surface area contributed by atoms with E-state index >= 15 is 0 Å². The van der Waals surface area contributed by atoms with Crippen LogP contribution in [0.2, 0.25) is 0 Å². The zero-order valence-electron chi connectivity index (χ0n) is 15.7. The second-order valence-corrected chi connectivity index (χ2v) is 8.85. The van der Waals surface area contributed by atoms with Crippen LogP contribution in [0.5, 0.6) is 0 Å². The van der Waals surface area contributed by atoms with E-state index in [0.717, 1.165) is 11.1 Å². The van der Waals surface area contributed by atoms with Crippen molar-refractivity contribution in [3.63, 3.8) is 0 Å². The predicted octanol–water partition coefficient (Wildman–Crippen LogP) is 2.15. The van der Waals surface area contributed by atoms with Crippen molar-refractivity contribution in [2.75, 3.05) is 30.3 Å². The molecule has 1 fully saturated rings. The molecule has 1 aromatic rings. The van der Waals surface area contributed by atoms with Crippen LogP contribution in [0.25, 0.3) is 5.57 Å². The van der Waals surface area contributed by atoms with Crippen molar-refractivity contribution in [3.05, 3.63) is 47.3 Å². The molecule has 0 aromatic heterocycles. The molecule has 0 saturated carbocycles. The van der Waals surface area contributed by atoms with E-state index in [-0.39, 0.29) is 24.9 Å². The fourth-order valence-corrected chi connectivity index (χ4v) is 3.75. The first-order chi connectivity index (χ1) is 13.3. The molecule has 0 bridgehead atoms. The molecule has 2 aliphatic rings. The highest BCUT2D eigenvalue weighted by Crippen LogP contribution is 2.31. The Morgan fingerprint density at radius 2 is 2.11 bits per heavy atom. The lowest BCUT2D eigenvalue weighted by Crippen LogP contribution is -2.27. The van der Waals surface area contributed by atoms with Crippen LogP contribution in [0.3, 0.4) is 0 Å². The zero-order valence-corrected chi connectivity index (χ0v) is 16.5. The van der Waals surface area contributed by atoms with Crippen molar-refractivity contribution in [3.8, 4) is 0 Å². The maximum absolute atomic E-state index is 14.7. The number of allylic oxidation sites excluding steroid dienone is 3. The second kappa shape index (κ2) is 8.42. The van der Waals surface area contributed by atoms with Crippen LogP contribution in [-0.2, 0) is 14.8 Å². The van der Waals surface area contributed by atoms with Gasteiger partial charge in [-0.25, -0.2) is 22.3 Å². The average Bonchev–Trinajstić information content (AvgIpc) is 3.08. The third kappa shape index (κ3) is 4.60. The molecule has 1 saturated heterocycles. The van der Waals surface area contributed by atoms with Crippen molar-refractivity contribution in [1.82, 2.24) is 4.72 Å². The Morgan fingerprint density at radius 1 is 1.32 bits per heavy atom. The maximum atomic E-state index is 14.7. The monoisotopic (exact) mass is 409 g/mol. The lowest BCUT2D eigenvalue weighted by molar-refractivity contribution is 0.145. The van der Waals surface area contributed by atoms with Gasteiger partial charge >= 0.3 is 6.09 Å². The second-order valence-electron chi connectivity index (χ2n) is 6.76. The number of carbonyl (C=O) groups excluding carboxylic acids is 1. The van der Waals surface area contributed by atoms with Gasteiger partial charge in [-0.05, 0) is 43.5 Å². The van der Waals surface area contributed by atoms with E-state index in [4.69, 9.17) is 10.5 Å². The zero-order chi connectivity index (χ0) is 20.3. The predicted molar refractivity (Wildman–Crippen MR) is 106 cm³/mol. The van der Waals surface area contributed by atoms with Crippen molar-refractivity contribution in [2.45, 2.75) is 25.9 Å². The van der Waals surface area contributed by atoms with Crippen LogP contribution >= 0.6 is 0 Å². The Labute approximate surface area is 164 Å². The molecular formula is C19H24FN3O4S. The molecule has 0 unspecified atom stereocenters. The Balaban J connectivity index is 1.72. The molecule has 152 valence electrons. The molecular weight excluding hydrogens is 385 g/mol. The number of nitrogens with zero attached hydrogens (tertiary/aromatic N) is 1. The van der Waals surface area contributed by atoms with Gasteiger partial charge in [0, 0.05) is 18.7 Å². The summed E-state index contributed by atoms with van der Waals surface area (Å²) in [7, 11) is -3.24. The van der Waals surface area contributed by atoms with Gasteiger partial charge in [0.1, 0.15) is 11.9 Å². The van der Waals surface area contributed by atoms with E-state index in [9.17, 15) is 17.6 Å². The van der Waals surface area contributed by atoms with Crippen molar-refractivity contribution >= 4 is 27.4 Å².